The summed E-state index contributed by atoms with van der Waals surface area (Å²) in [5, 5.41) is 24.0. The van der Waals surface area contributed by atoms with Gasteiger partial charge in [0.25, 0.3) is 8.32 Å². The van der Waals surface area contributed by atoms with Crippen molar-refractivity contribution < 1.29 is 29.0 Å². The van der Waals surface area contributed by atoms with E-state index < -0.39 is 44.5 Å². The fourth-order valence-corrected chi connectivity index (χ4v) is 10.3. The number of hydrogen-bond acceptors (Lipinski definition) is 6. The predicted molar refractivity (Wildman–Crippen MR) is 161 cm³/mol. The molecule has 0 unspecified atom stereocenters. The van der Waals surface area contributed by atoms with Crippen molar-refractivity contribution in [3.8, 4) is 0 Å². The molecule has 0 bridgehead atoms. The van der Waals surface area contributed by atoms with E-state index in [1.54, 1.807) is 6.92 Å². The van der Waals surface area contributed by atoms with E-state index in [4.69, 9.17) is 9.16 Å². The van der Waals surface area contributed by atoms with Crippen molar-refractivity contribution in [2.45, 2.75) is 63.8 Å². The van der Waals surface area contributed by atoms with E-state index in [9.17, 15) is 19.8 Å². The lowest BCUT2D eigenvalue weighted by Gasteiger charge is -2.43. The van der Waals surface area contributed by atoms with Crippen LogP contribution in [0.2, 0.25) is 5.04 Å². The third-order valence-corrected chi connectivity index (χ3v) is 12.9. The summed E-state index contributed by atoms with van der Waals surface area (Å²) in [6.07, 6.45) is -2.50. The summed E-state index contributed by atoms with van der Waals surface area (Å²) in [4.78, 5) is 27.0. The molecule has 7 nitrogen and oxygen atoms in total. The highest BCUT2D eigenvalue weighted by molar-refractivity contribution is 6.99. The van der Waals surface area contributed by atoms with Crippen LogP contribution in [0.4, 0.5) is 4.79 Å². The number of carbonyl (C=O) groups excluding carboxylic acids is 2. The van der Waals surface area contributed by atoms with Crippen LogP contribution in [0.25, 0.3) is 0 Å². The maximum absolute atomic E-state index is 13.4. The van der Waals surface area contributed by atoms with Gasteiger partial charge in [0, 0.05) is 6.42 Å². The zero-order valence-electron chi connectivity index (χ0n) is 24.3. The molecule has 2 N–H and O–H groups in total. The summed E-state index contributed by atoms with van der Waals surface area (Å²) in [5.74, 6) is -1.43. The van der Waals surface area contributed by atoms with Crippen LogP contribution in [-0.4, -0.2) is 66.9 Å². The largest absolute Gasteiger partial charge is 0.447 e. The Labute approximate surface area is 243 Å². The monoisotopic (exact) mass is 575 g/mol. The summed E-state index contributed by atoms with van der Waals surface area (Å²) in [7, 11) is -2.87. The van der Waals surface area contributed by atoms with Crippen LogP contribution in [0, 0.1) is 5.92 Å². The maximum atomic E-state index is 13.4. The van der Waals surface area contributed by atoms with Crippen molar-refractivity contribution in [3.63, 3.8) is 0 Å². The van der Waals surface area contributed by atoms with Gasteiger partial charge >= 0.3 is 6.09 Å². The minimum atomic E-state index is -2.87. The molecular formula is C33H41NO6Si. The molecule has 2 amide bonds. The average molecular weight is 576 g/mol. The topological polar surface area (TPSA) is 96.3 Å². The van der Waals surface area contributed by atoms with Crippen LogP contribution < -0.4 is 10.4 Å². The third kappa shape index (κ3) is 6.78. The van der Waals surface area contributed by atoms with E-state index in [-0.39, 0.29) is 24.7 Å². The number of ether oxygens (including phenoxy) is 1. The lowest BCUT2D eigenvalue weighted by molar-refractivity contribution is -0.137. The van der Waals surface area contributed by atoms with E-state index in [0.717, 1.165) is 20.8 Å². The number of cyclic esters (lactones) is 1. The highest BCUT2D eigenvalue weighted by atomic mass is 28.4. The second-order valence-electron chi connectivity index (χ2n) is 11.8. The number of benzene rings is 3. The van der Waals surface area contributed by atoms with Crippen molar-refractivity contribution in [2.75, 3.05) is 13.2 Å². The molecule has 0 aromatic heterocycles. The van der Waals surface area contributed by atoms with Gasteiger partial charge < -0.3 is 19.4 Å². The van der Waals surface area contributed by atoms with Crippen LogP contribution in [-0.2, 0) is 20.4 Å². The molecule has 41 heavy (non-hydrogen) atoms. The molecule has 0 radical (unpaired) electrons. The molecule has 1 saturated heterocycles. The Morgan fingerprint density at radius 3 is 1.98 bits per heavy atom. The van der Waals surface area contributed by atoms with Gasteiger partial charge in [-0.15, -0.1) is 0 Å². The first kappa shape index (κ1) is 30.7. The van der Waals surface area contributed by atoms with Gasteiger partial charge in [-0.1, -0.05) is 119 Å². The first-order chi connectivity index (χ1) is 19.5. The highest BCUT2D eigenvalue weighted by Crippen LogP contribution is 2.37. The Balaban J connectivity index is 1.46. The van der Waals surface area contributed by atoms with Gasteiger partial charge in [-0.3, -0.25) is 4.79 Å². The number of aliphatic hydroxyl groups excluding tert-OH is 2. The number of nitrogens with zero attached hydrogens (tertiary/aromatic N) is 1. The van der Waals surface area contributed by atoms with Gasteiger partial charge in [0.05, 0.1) is 30.8 Å². The molecule has 0 aliphatic carbocycles. The number of rotatable bonds is 11. The van der Waals surface area contributed by atoms with E-state index in [2.05, 4.69) is 45.0 Å². The van der Waals surface area contributed by atoms with Crippen LogP contribution in [0.15, 0.2) is 91.0 Å². The first-order valence-electron chi connectivity index (χ1n) is 14.2. The molecule has 1 aliphatic rings. The number of hydrogen-bond donors (Lipinski definition) is 2. The summed E-state index contributed by atoms with van der Waals surface area (Å²) in [5.41, 5.74) is 0.984. The highest BCUT2D eigenvalue weighted by Gasteiger charge is 2.50. The molecule has 4 atom stereocenters. The van der Waals surface area contributed by atoms with E-state index >= 15 is 0 Å². The smallest absolute Gasteiger partial charge is 0.416 e. The molecule has 0 saturated carbocycles. The van der Waals surface area contributed by atoms with Crippen molar-refractivity contribution in [3.05, 3.63) is 96.6 Å². The quantitative estimate of drug-likeness (QED) is 0.337. The lowest BCUT2D eigenvalue weighted by Crippen LogP contribution is -2.67. The molecule has 1 aliphatic heterocycles. The summed E-state index contributed by atoms with van der Waals surface area (Å²) < 4.78 is 12.0. The molecule has 3 aromatic rings. The van der Waals surface area contributed by atoms with E-state index in [1.165, 1.54) is 0 Å². The fraction of sp³-hybridized carbons (Fsp3) is 0.394. The third-order valence-electron chi connectivity index (χ3n) is 7.90. The summed E-state index contributed by atoms with van der Waals surface area (Å²) >= 11 is 0. The Hall–Kier alpha value is -3.30. The van der Waals surface area contributed by atoms with Gasteiger partial charge in [-0.25, -0.2) is 9.69 Å². The van der Waals surface area contributed by atoms with E-state index in [0.29, 0.717) is 6.42 Å². The van der Waals surface area contributed by atoms with Crippen LogP contribution >= 0.6 is 0 Å². The predicted octanol–water partition coefficient (Wildman–Crippen LogP) is 3.90. The Kier molecular flexibility index (Phi) is 9.81. The fourth-order valence-electron chi connectivity index (χ4n) is 5.68. The Bertz CT molecular complexity index is 1240. The van der Waals surface area contributed by atoms with Crippen LogP contribution in [0.1, 0.15) is 39.7 Å². The van der Waals surface area contributed by atoms with Crippen molar-refractivity contribution in [1.82, 2.24) is 4.90 Å². The first-order valence-corrected chi connectivity index (χ1v) is 16.1. The second kappa shape index (κ2) is 13.1. The number of amides is 2. The molecule has 3 aromatic carbocycles. The molecule has 1 heterocycles. The Morgan fingerprint density at radius 1 is 0.951 bits per heavy atom. The number of imide groups is 1. The minimum absolute atomic E-state index is 0.00631. The number of aliphatic hydroxyl groups is 2. The average Bonchev–Trinajstić information content (AvgIpc) is 3.32. The maximum Gasteiger partial charge on any atom is 0.416 e. The lowest BCUT2D eigenvalue weighted by atomic mass is 9.96. The van der Waals surface area contributed by atoms with Crippen molar-refractivity contribution in [1.29, 1.82) is 0 Å². The normalized spacial score (nSPS) is 18.0. The van der Waals surface area contributed by atoms with Crippen LogP contribution in [0.5, 0.6) is 0 Å². The van der Waals surface area contributed by atoms with Crippen LogP contribution in [0.3, 0.4) is 0 Å². The SMILES string of the molecule is C[C@H](C(=O)N1C(=O)OC[C@@H]1Cc1ccccc1)[C@H](O)C[C@H](O)CO[Si](c1ccccc1)(c1ccccc1)C(C)(C)C. The van der Waals surface area contributed by atoms with Crippen molar-refractivity contribution in [2.24, 2.45) is 5.92 Å². The summed E-state index contributed by atoms with van der Waals surface area (Å²) in [6, 6.07) is 29.4. The number of carbonyl (C=O) groups is 2. The molecule has 8 heteroatoms. The zero-order chi connectivity index (χ0) is 29.6. The minimum Gasteiger partial charge on any atom is -0.447 e. The van der Waals surface area contributed by atoms with Gasteiger partial charge in [-0.2, -0.15) is 0 Å². The zero-order valence-corrected chi connectivity index (χ0v) is 25.3. The van der Waals surface area contributed by atoms with Gasteiger partial charge in [0.2, 0.25) is 5.91 Å². The second-order valence-corrected chi connectivity index (χ2v) is 16.2. The molecule has 1 fully saturated rings. The van der Waals surface area contributed by atoms with Gasteiger partial charge in [0.15, 0.2) is 0 Å². The summed E-state index contributed by atoms with van der Waals surface area (Å²) in [6.45, 7) is 8.14. The molecular weight excluding hydrogens is 534 g/mol. The van der Waals surface area contributed by atoms with Gasteiger partial charge in [0.1, 0.15) is 6.61 Å². The molecule has 0 spiro atoms. The van der Waals surface area contributed by atoms with E-state index in [1.807, 2.05) is 66.7 Å². The van der Waals surface area contributed by atoms with Gasteiger partial charge in [-0.05, 0) is 27.4 Å². The Morgan fingerprint density at radius 2 is 1.46 bits per heavy atom. The molecule has 4 rings (SSSR count). The molecule has 218 valence electrons. The van der Waals surface area contributed by atoms with Crippen molar-refractivity contribution >= 4 is 30.7 Å². The standard InChI is InChI=1S/C33H41NO6Si/c1-24(31(37)34-26(22-39-32(34)38)20-25-14-8-5-9-15-25)30(36)21-27(35)23-40-41(33(2,3)4,28-16-10-6-11-17-28)29-18-12-7-13-19-29/h5-19,24,26-27,30,35-36H,20-23H2,1-4H3/t24-,26-,27-,30+/m0/s1.